The lowest BCUT2D eigenvalue weighted by atomic mass is 10.2. The van der Waals surface area contributed by atoms with E-state index < -0.39 is 0 Å². The molecule has 0 unspecified atom stereocenters. The van der Waals surface area contributed by atoms with Gasteiger partial charge in [-0.05, 0) is 48.4 Å². The zero-order chi connectivity index (χ0) is 17.4. The number of likely N-dealkylation sites (N-methyl/N-ethyl adjacent to an activating group) is 1. The summed E-state index contributed by atoms with van der Waals surface area (Å²) < 4.78 is 0. The van der Waals surface area contributed by atoms with E-state index in [1.807, 2.05) is 18.2 Å². The average molecular weight is 322 g/mol. The molecule has 6 heteroatoms. The largest absolute Gasteiger partial charge is 0.345 e. The summed E-state index contributed by atoms with van der Waals surface area (Å²) in [6.45, 7) is 0.535. The normalized spacial score (nSPS) is 9.83. The molecule has 2 aromatic rings. The van der Waals surface area contributed by atoms with Crippen LogP contribution in [0.4, 0.5) is 5.69 Å². The van der Waals surface area contributed by atoms with E-state index in [1.165, 1.54) is 0 Å². The van der Waals surface area contributed by atoms with Gasteiger partial charge in [-0.1, -0.05) is 0 Å². The molecular weight excluding hydrogens is 304 g/mol. The minimum absolute atomic E-state index is 0.215. The highest BCUT2D eigenvalue weighted by Crippen LogP contribution is 2.09. The fraction of sp³-hybridized carbons (Fsp3) is 0.222. The maximum atomic E-state index is 12.1. The molecular formula is C18H18N4O2. The van der Waals surface area contributed by atoms with Gasteiger partial charge < -0.3 is 10.2 Å². The summed E-state index contributed by atoms with van der Waals surface area (Å²) in [5.41, 5.74) is 2.16. The third kappa shape index (κ3) is 5.21. The molecule has 0 fully saturated rings. The lowest BCUT2D eigenvalue weighted by molar-refractivity contribution is -0.133. The Hall–Kier alpha value is -3.20. The molecule has 1 aromatic carbocycles. The predicted octanol–water partition coefficient (Wildman–Crippen LogP) is 1.98. The summed E-state index contributed by atoms with van der Waals surface area (Å²) in [4.78, 5) is 29.5. The van der Waals surface area contributed by atoms with Crippen molar-refractivity contribution >= 4 is 17.5 Å². The van der Waals surface area contributed by atoms with E-state index >= 15 is 0 Å². The van der Waals surface area contributed by atoms with Crippen LogP contribution in [0.5, 0.6) is 0 Å². The molecule has 0 aliphatic rings. The molecule has 0 saturated heterocycles. The second-order valence-corrected chi connectivity index (χ2v) is 5.33. The van der Waals surface area contributed by atoms with Gasteiger partial charge in [0.15, 0.2) is 0 Å². The van der Waals surface area contributed by atoms with Crippen LogP contribution < -0.4 is 5.32 Å². The molecule has 0 bridgehead atoms. The molecule has 0 spiro atoms. The number of benzene rings is 1. The predicted molar refractivity (Wildman–Crippen MR) is 90.0 cm³/mol. The number of pyridine rings is 1. The number of hydrogen-bond donors (Lipinski definition) is 1. The number of carbonyl (C=O) groups excluding carboxylic acids is 2. The van der Waals surface area contributed by atoms with E-state index in [1.54, 1.807) is 48.6 Å². The number of nitriles is 1. The van der Waals surface area contributed by atoms with Gasteiger partial charge in [0.1, 0.15) is 6.42 Å². The second kappa shape index (κ2) is 8.44. The van der Waals surface area contributed by atoms with Crippen molar-refractivity contribution in [2.75, 3.05) is 18.9 Å². The fourth-order valence-corrected chi connectivity index (χ4v) is 2.08. The van der Waals surface area contributed by atoms with Crippen LogP contribution in [0.1, 0.15) is 17.5 Å². The highest BCUT2D eigenvalue weighted by Gasteiger charge is 2.14. The Morgan fingerprint density at radius 3 is 2.46 bits per heavy atom. The summed E-state index contributed by atoms with van der Waals surface area (Å²) in [5, 5.41) is 11.4. The number of rotatable bonds is 6. The number of hydrogen-bond acceptors (Lipinski definition) is 4. The summed E-state index contributed by atoms with van der Waals surface area (Å²) in [6, 6.07) is 12.3. The van der Waals surface area contributed by atoms with E-state index in [9.17, 15) is 9.59 Å². The van der Waals surface area contributed by atoms with Crippen molar-refractivity contribution in [3.8, 4) is 6.07 Å². The van der Waals surface area contributed by atoms with Gasteiger partial charge in [0.2, 0.25) is 11.8 Å². The summed E-state index contributed by atoms with van der Waals surface area (Å²) in [5.74, 6) is -0.615. The lowest BCUT2D eigenvalue weighted by Gasteiger charge is -2.17. The standard InChI is InChI=1S/C18H18N4O2/c1-22(11-8-14-6-9-20-10-7-14)18(24)12-17(23)21-16-4-2-15(13-19)3-5-16/h2-7,9-10H,8,11-12H2,1H3,(H,21,23). The van der Waals surface area contributed by atoms with Crippen molar-refractivity contribution in [3.63, 3.8) is 0 Å². The Balaban J connectivity index is 1.79. The zero-order valence-electron chi connectivity index (χ0n) is 13.4. The molecule has 24 heavy (non-hydrogen) atoms. The van der Waals surface area contributed by atoms with Crippen molar-refractivity contribution in [3.05, 3.63) is 59.9 Å². The van der Waals surface area contributed by atoms with E-state index in [4.69, 9.17) is 5.26 Å². The van der Waals surface area contributed by atoms with Crippen LogP contribution in [0.25, 0.3) is 0 Å². The van der Waals surface area contributed by atoms with Crippen molar-refractivity contribution in [1.29, 1.82) is 5.26 Å². The Labute approximate surface area is 140 Å². The maximum Gasteiger partial charge on any atom is 0.233 e. The minimum atomic E-state index is -0.375. The number of aromatic nitrogens is 1. The van der Waals surface area contributed by atoms with E-state index in [0.29, 0.717) is 24.2 Å². The molecule has 2 rings (SSSR count). The Morgan fingerprint density at radius 2 is 1.83 bits per heavy atom. The molecule has 122 valence electrons. The molecule has 0 atom stereocenters. The average Bonchev–Trinajstić information content (AvgIpc) is 2.61. The molecule has 6 nitrogen and oxygen atoms in total. The smallest absolute Gasteiger partial charge is 0.233 e. The van der Waals surface area contributed by atoms with Crippen LogP contribution in [-0.4, -0.2) is 35.3 Å². The van der Waals surface area contributed by atoms with Crippen LogP contribution >= 0.6 is 0 Å². The highest BCUT2D eigenvalue weighted by molar-refractivity contribution is 6.03. The lowest BCUT2D eigenvalue weighted by Crippen LogP contribution is -2.32. The van der Waals surface area contributed by atoms with Crippen LogP contribution in [0.2, 0.25) is 0 Å². The van der Waals surface area contributed by atoms with Crippen LogP contribution in [0, 0.1) is 11.3 Å². The molecule has 1 aromatic heterocycles. The zero-order valence-corrected chi connectivity index (χ0v) is 13.4. The number of nitrogens with zero attached hydrogens (tertiary/aromatic N) is 3. The summed E-state index contributed by atoms with van der Waals surface area (Å²) in [7, 11) is 1.68. The van der Waals surface area contributed by atoms with E-state index in [0.717, 1.165) is 5.56 Å². The SMILES string of the molecule is CN(CCc1ccncc1)C(=O)CC(=O)Nc1ccc(C#N)cc1. The minimum Gasteiger partial charge on any atom is -0.345 e. The number of nitrogens with one attached hydrogen (secondary N) is 1. The number of amides is 2. The quantitative estimate of drug-likeness (QED) is 0.824. The van der Waals surface area contributed by atoms with Crippen molar-refractivity contribution in [2.24, 2.45) is 0 Å². The van der Waals surface area contributed by atoms with Crippen LogP contribution in [0.15, 0.2) is 48.8 Å². The van der Waals surface area contributed by atoms with Crippen molar-refractivity contribution < 1.29 is 9.59 Å². The molecule has 2 amide bonds. The van der Waals surface area contributed by atoms with Gasteiger partial charge in [0.05, 0.1) is 11.6 Å². The van der Waals surface area contributed by atoms with Crippen molar-refractivity contribution in [1.82, 2.24) is 9.88 Å². The Kier molecular flexibility index (Phi) is 6.03. The molecule has 0 aliphatic heterocycles. The van der Waals surface area contributed by atoms with Crippen LogP contribution in [-0.2, 0) is 16.0 Å². The van der Waals surface area contributed by atoms with Crippen LogP contribution in [0.3, 0.4) is 0 Å². The Bertz CT molecular complexity index is 736. The third-order valence-corrected chi connectivity index (χ3v) is 3.52. The van der Waals surface area contributed by atoms with Gasteiger partial charge in [-0.25, -0.2) is 0 Å². The first-order valence-electron chi connectivity index (χ1n) is 7.51. The second-order valence-electron chi connectivity index (χ2n) is 5.33. The van der Waals surface area contributed by atoms with Gasteiger partial charge in [-0.3, -0.25) is 14.6 Å². The Morgan fingerprint density at radius 1 is 1.17 bits per heavy atom. The first-order valence-corrected chi connectivity index (χ1v) is 7.51. The topological polar surface area (TPSA) is 86.1 Å². The maximum absolute atomic E-state index is 12.1. The van der Waals surface area contributed by atoms with Gasteiger partial charge in [0.25, 0.3) is 0 Å². The van der Waals surface area contributed by atoms with Gasteiger partial charge in [-0.15, -0.1) is 0 Å². The van der Waals surface area contributed by atoms with E-state index in [-0.39, 0.29) is 18.2 Å². The molecule has 0 aliphatic carbocycles. The molecule has 0 saturated carbocycles. The summed E-state index contributed by atoms with van der Waals surface area (Å²) >= 11 is 0. The molecule has 1 heterocycles. The first kappa shape index (κ1) is 17.2. The fourth-order valence-electron chi connectivity index (χ4n) is 2.08. The number of carbonyl (C=O) groups is 2. The van der Waals surface area contributed by atoms with Gasteiger partial charge in [-0.2, -0.15) is 5.26 Å². The summed E-state index contributed by atoms with van der Waals surface area (Å²) in [6.07, 6.45) is 3.92. The first-order chi connectivity index (χ1) is 11.6. The molecule has 0 radical (unpaired) electrons. The van der Waals surface area contributed by atoms with Crippen molar-refractivity contribution in [2.45, 2.75) is 12.8 Å². The van der Waals surface area contributed by atoms with Gasteiger partial charge in [0, 0.05) is 31.7 Å². The number of anilines is 1. The highest BCUT2D eigenvalue weighted by atomic mass is 16.2. The van der Waals surface area contributed by atoms with Gasteiger partial charge >= 0.3 is 0 Å². The molecule has 1 N–H and O–H groups in total. The third-order valence-electron chi connectivity index (χ3n) is 3.52. The monoisotopic (exact) mass is 322 g/mol. The van der Waals surface area contributed by atoms with E-state index in [2.05, 4.69) is 10.3 Å².